The van der Waals surface area contributed by atoms with Crippen molar-refractivity contribution in [2.75, 3.05) is 19.4 Å². The third-order valence-electron chi connectivity index (χ3n) is 3.16. The van der Waals surface area contributed by atoms with Crippen molar-refractivity contribution in [2.45, 2.75) is 13.5 Å². The van der Waals surface area contributed by atoms with Gasteiger partial charge in [-0.05, 0) is 48.9 Å². The molecule has 4 heteroatoms. The van der Waals surface area contributed by atoms with Gasteiger partial charge in [0, 0.05) is 24.8 Å². The average molecular weight is 284 g/mol. The van der Waals surface area contributed by atoms with Gasteiger partial charge in [-0.25, -0.2) is 0 Å². The fourth-order valence-corrected chi connectivity index (χ4v) is 2.05. The lowest BCUT2D eigenvalue weighted by Gasteiger charge is -2.17. The first-order chi connectivity index (χ1) is 10.1. The quantitative estimate of drug-likeness (QED) is 0.859. The first kappa shape index (κ1) is 14.9. The Hall–Kier alpha value is -2.49. The van der Waals surface area contributed by atoms with Crippen molar-refractivity contribution in [3.05, 3.63) is 59.7 Å². The van der Waals surface area contributed by atoms with Gasteiger partial charge in [-0.15, -0.1) is 0 Å². The first-order valence-corrected chi connectivity index (χ1v) is 6.93. The van der Waals surface area contributed by atoms with Gasteiger partial charge in [-0.1, -0.05) is 12.1 Å². The third-order valence-corrected chi connectivity index (χ3v) is 3.16. The van der Waals surface area contributed by atoms with Gasteiger partial charge in [0.05, 0.1) is 6.61 Å². The molecule has 0 atom stereocenters. The maximum Gasteiger partial charge on any atom is 0.253 e. The summed E-state index contributed by atoms with van der Waals surface area (Å²) in [6.45, 7) is 3.15. The van der Waals surface area contributed by atoms with Crippen LogP contribution < -0.4 is 10.5 Å². The molecule has 0 aliphatic carbocycles. The summed E-state index contributed by atoms with van der Waals surface area (Å²) in [6, 6.07) is 14.7. The van der Waals surface area contributed by atoms with Crippen molar-refractivity contribution >= 4 is 11.6 Å². The van der Waals surface area contributed by atoms with E-state index in [-0.39, 0.29) is 5.91 Å². The van der Waals surface area contributed by atoms with E-state index in [1.807, 2.05) is 31.2 Å². The van der Waals surface area contributed by atoms with Crippen molar-refractivity contribution in [1.29, 1.82) is 0 Å². The highest BCUT2D eigenvalue weighted by atomic mass is 16.5. The smallest absolute Gasteiger partial charge is 0.253 e. The minimum atomic E-state index is -0.0242. The predicted molar refractivity (Wildman–Crippen MR) is 84.3 cm³/mol. The molecule has 0 aromatic heterocycles. The van der Waals surface area contributed by atoms with E-state index in [1.165, 1.54) is 0 Å². The Morgan fingerprint density at radius 2 is 1.71 bits per heavy atom. The summed E-state index contributed by atoms with van der Waals surface area (Å²) in [5.41, 5.74) is 7.98. The molecule has 0 fully saturated rings. The number of nitrogens with two attached hydrogens (primary N) is 1. The molecule has 0 aliphatic rings. The normalized spacial score (nSPS) is 10.2. The molecule has 0 bridgehead atoms. The molecule has 2 aromatic rings. The molecular formula is C17H20N2O2. The van der Waals surface area contributed by atoms with Crippen LogP contribution in [0.3, 0.4) is 0 Å². The third kappa shape index (κ3) is 3.99. The molecule has 0 saturated heterocycles. The number of nitrogens with zero attached hydrogens (tertiary/aromatic N) is 1. The molecule has 0 saturated carbocycles. The molecule has 2 rings (SSSR count). The summed E-state index contributed by atoms with van der Waals surface area (Å²) < 4.78 is 5.40. The van der Waals surface area contributed by atoms with Crippen LogP contribution in [0.4, 0.5) is 5.69 Å². The summed E-state index contributed by atoms with van der Waals surface area (Å²) in [6.07, 6.45) is 0. The number of carbonyl (C=O) groups is 1. The molecule has 2 N–H and O–H groups in total. The molecular weight excluding hydrogens is 264 g/mol. The van der Waals surface area contributed by atoms with Crippen molar-refractivity contribution in [3.8, 4) is 5.75 Å². The van der Waals surface area contributed by atoms with Crippen LogP contribution in [0, 0.1) is 0 Å². The van der Waals surface area contributed by atoms with Crippen LogP contribution in [-0.2, 0) is 6.54 Å². The van der Waals surface area contributed by atoms with Crippen LogP contribution in [0.2, 0.25) is 0 Å². The number of amides is 1. The topological polar surface area (TPSA) is 55.6 Å². The molecule has 4 nitrogen and oxygen atoms in total. The van der Waals surface area contributed by atoms with E-state index < -0.39 is 0 Å². The number of ether oxygens (including phenoxy) is 1. The zero-order chi connectivity index (χ0) is 15.2. The van der Waals surface area contributed by atoms with Crippen LogP contribution >= 0.6 is 0 Å². The highest BCUT2D eigenvalue weighted by Gasteiger charge is 2.11. The average Bonchev–Trinajstić information content (AvgIpc) is 2.49. The number of carbonyl (C=O) groups excluding carboxylic acids is 1. The zero-order valence-electron chi connectivity index (χ0n) is 12.4. The molecule has 21 heavy (non-hydrogen) atoms. The summed E-state index contributed by atoms with van der Waals surface area (Å²) >= 11 is 0. The number of hydrogen-bond acceptors (Lipinski definition) is 3. The largest absolute Gasteiger partial charge is 0.494 e. The van der Waals surface area contributed by atoms with Gasteiger partial charge in [-0.2, -0.15) is 0 Å². The molecule has 110 valence electrons. The van der Waals surface area contributed by atoms with Crippen molar-refractivity contribution in [3.63, 3.8) is 0 Å². The number of anilines is 1. The Morgan fingerprint density at radius 1 is 1.10 bits per heavy atom. The van der Waals surface area contributed by atoms with Crippen LogP contribution in [-0.4, -0.2) is 24.5 Å². The molecule has 1 amide bonds. The second-order valence-corrected chi connectivity index (χ2v) is 4.86. The highest BCUT2D eigenvalue weighted by molar-refractivity contribution is 5.94. The fourth-order valence-electron chi connectivity index (χ4n) is 2.05. The Labute approximate surface area is 125 Å². The predicted octanol–water partition coefficient (Wildman–Crippen LogP) is 2.94. The SMILES string of the molecule is CCOc1ccc(CN(C)C(=O)c2ccc(N)cc2)cc1. The van der Waals surface area contributed by atoms with Gasteiger partial charge in [0.15, 0.2) is 0 Å². The number of hydrogen-bond donors (Lipinski definition) is 1. The molecule has 0 unspecified atom stereocenters. The first-order valence-electron chi connectivity index (χ1n) is 6.93. The second-order valence-electron chi connectivity index (χ2n) is 4.86. The number of nitrogen functional groups attached to an aromatic ring is 1. The Balaban J connectivity index is 2.01. The van der Waals surface area contributed by atoms with E-state index >= 15 is 0 Å². The summed E-state index contributed by atoms with van der Waals surface area (Å²) in [5.74, 6) is 0.817. The lowest BCUT2D eigenvalue weighted by molar-refractivity contribution is 0.0785. The van der Waals surface area contributed by atoms with Crippen LogP contribution in [0.15, 0.2) is 48.5 Å². The van der Waals surface area contributed by atoms with Crippen molar-refractivity contribution in [1.82, 2.24) is 4.90 Å². The standard InChI is InChI=1S/C17H20N2O2/c1-3-21-16-10-4-13(5-11-16)12-19(2)17(20)14-6-8-15(18)9-7-14/h4-11H,3,12,18H2,1-2H3. The van der Waals surface area contributed by atoms with Gasteiger partial charge < -0.3 is 15.4 Å². The molecule has 0 heterocycles. The molecule has 2 aromatic carbocycles. The molecule has 0 aliphatic heterocycles. The lowest BCUT2D eigenvalue weighted by Crippen LogP contribution is -2.26. The van der Waals surface area contributed by atoms with Gasteiger partial charge in [0.2, 0.25) is 0 Å². The van der Waals surface area contributed by atoms with Crippen LogP contribution in [0.1, 0.15) is 22.8 Å². The van der Waals surface area contributed by atoms with E-state index in [1.54, 1.807) is 36.2 Å². The van der Waals surface area contributed by atoms with E-state index in [9.17, 15) is 4.79 Å². The Kier molecular flexibility index (Phi) is 4.82. The van der Waals surface area contributed by atoms with Crippen LogP contribution in [0.25, 0.3) is 0 Å². The molecule has 0 radical (unpaired) electrons. The number of rotatable bonds is 5. The van der Waals surface area contributed by atoms with E-state index in [2.05, 4.69) is 0 Å². The maximum atomic E-state index is 12.3. The van der Waals surface area contributed by atoms with E-state index in [0.29, 0.717) is 24.4 Å². The molecule has 0 spiro atoms. The Bertz CT molecular complexity index is 591. The highest BCUT2D eigenvalue weighted by Crippen LogP contribution is 2.15. The van der Waals surface area contributed by atoms with Gasteiger partial charge in [-0.3, -0.25) is 4.79 Å². The van der Waals surface area contributed by atoms with E-state index in [0.717, 1.165) is 11.3 Å². The minimum Gasteiger partial charge on any atom is -0.494 e. The van der Waals surface area contributed by atoms with Crippen LogP contribution in [0.5, 0.6) is 5.75 Å². The van der Waals surface area contributed by atoms with Gasteiger partial charge >= 0.3 is 0 Å². The van der Waals surface area contributed by atoms with Crippen molar-refractivity contribution < 1.29 is 9.53 Å². The number of benzene rings is 2. The monoisotopic (exact) mass is 284 g/mol. The van der Waals surface area contributed by atoms with Crippen molar-refractivity contribution in [2.24, 2.45) is 0 Å². The maximum absolute atomic E-state index is 12.3. The second kappa shape index (κ2) is 6.79. The van der Waals surface area contributed by atoms with E-state index in [4.69, 9.17) is 10.5 Å². The van der Waals surface area contributed by atoms with Gasteiger partial charge in [0.25, 0.3) is 5.91 Å². The van der Waals surface area contributed by atoms with Gasteiger partial charge in [0.1, 0.15) is 5.75 Å². The summed E-state index contributed by atoms with van der Waals surface area (Å²) in [7, 11) is 1.79. The fraction of sp³-hybridized carbons (Fsp3) is 0.235. The summed E-state index contributed by atoms with van der Waals surface area (Å²) in [5, 5.41) is 0. The Morgan fingerprint density at radius 3 is 2.29 bits per heavy atom. The lowest BCUT2D eigenvalue weighted by atomic mass is 10.1. The zero-order valence-corrected chi connectivity index (χ0v) is 12.4. The minimum absolute atomic E-state index is 0.0242. The summed E-state index contributed by atoms with van der Waals surface area (Å²) in [4.78, 5) is 14.0.